The van der Waals surface area contributed by atoms with Crippen LogP contribution in [0.2, 0.25) is 5.02 Å². The molecule has 0 saturated heterocycles. The van der Waals surface area contributed by atoms with Crippen LogP contribution in [0.15, 0.2) is 30.3 Å². The quantitative estimate of drug-likeness (QED) is 0.478. The third-order valence-electron chi connectivity index (χ3n) is 5.61. The van der Waals surface area contributed by atoms with Crippen LogP contribution in [-0.4, -0.2) is 47.4 Å². The van der Waals surface area contributed by atoms with Crippen molar-refractivity contribution in [3.63, 3.8) is 0 Å². The maximum absolute atomic E-state index is 11.5. The predicted molar refractivity (Wildman–Crippen MR) is 140 cm³/mol. The van der Waals surface area contributed by atoms with Crippen LogP contribution >= 0.6 is 11.6 Å². The average Bonchev–Trinajstić information content (AvgIpc) is 3.06. The number of hydrogen-bond donors (Lipinski definition) is 2. The van der Waals surface area contributed by atoms with E-state index in [9.17, 15) is 4.79 Å². The number of aldehydes is 1. The summed E-state index contributed by atoms with van der Waals surface area (Å²) in [6.45, 7) is 12.8. The molecule has 33 heavy (non-hydrogen) atoms. The molecule has 180 valence electrons. The van der Waals surface area contributed by atoms with Gasteiger partial charge in [-0.1, -0.05) is 23.7 Å². The number of halogens is 1. The van der Waals surface area contributed by atoms with E-state index in [1.807, 2.05) is 12.1 Å². The standard InChI is InChI=1S/C22H23ClN2O.C4H10O.CH4O/c1-13-11-19-20(16-5-7-17(23)8-6-16)18(9-10-26)15(3)21-22(19)25(13)14(2)12-24(21)4;1-4(2,3)5;1-2/h5-8,10-11,14H,9,12H2,1-4H3;5H,1-3H3;2H,1H3. The number of aliphatic hydroxyl groups is 2. The number of nitrogens with zero attached hydrogens (tertiary/aromatic N) is 2. The van der Waals surface area contributed by atoms with Gasteiger partial charge in [0.15, 0.2) is 0 Å². The first kappa shape index (κ1) is 26.9. The minimum Gasteiger partial charge on any atom is -0.400 e. The molecular weight excluding hydrogens is 436 g/mol. The van der Waals surface area contributed by atoms with Gasteiger partial charge in [0.1, 0.15) is 6.29 Å². The summed E-state index contributed by atoms with van der Waals surface area (Å²) in [6, 6.07) is 10.6. The predicted octanol–water partition coefficient (Wildman–Crippen LogP) is 5.72. The van der Waals surface area contributed by atoms with Crippen LogP contribution in [0.4, 0.5) is 5.69 Å². The lowest BCUT2D eigenvalue weighted by Gasteiger charge is -2.35. The maximum Gasteiger partial charge on any atom is 0.124 e. The van der Waals surface area contributed by atoms with Gasteiger partial charge in [-0.15, -0.1) is 0 Å². The fourth-order valence-electron chi connectivity index (χ4n) is 4.64. The van der Waals surface area contributed by atoms with Crippen molar-refractivity contribution in [2.75, 3.05) is 25.6 Å². The minimum absolute atomic E-state index is 0.416. The van der Waals surface area contributed by atoms with Crippen molar-refractivity contribution in [2.45, 2.75) is 59.6 Å². The number of rotatable bonds is 3. The van der Waals surface area contributed by atoms with E-state index in [0.29, 0.717) is 12.5 Å². The number of likely N-dealkylation sites (N-methyl/N-ethyl adjacent to an activating group) is 1. The molecule has 2 N–H and O–H groups in total. The summed E-state index contributed by atoms with van der Waals surface area (Å²) >= 11 is 6.11. The number of benzene rings is 2. The average molecular weight is 473 g/mol. The fourth-order valence-corrected chi connectivity index (χ4v) is 4.77. The van der Waals surface area contributed by atoms with Crippen molar-refractivity contribution >= 4 is 34.5 Å². The van der Waals surface area contributed by atoms with E-state index in [4.69, 9.17) is 21.8 Å². The highest BCUT2D eigenvalue weighted by atomic mass is 35.5. The van der Waals surface area contributed by atoms with Crippen molar-refractivity contribution < 1.29 is 15.0 Å². The maximum atomic E-state index is 11.5. The van der Waals surface area contributed by atoms with Crippen molar-refractivity contribution in [3.05, 3.63) is 52.2 Å². The minimum atomic E-state index is -0.500. The Kier molecular flexibility index (Phi) is 8.75. The van der Waals surface area contributed by atoms with Crippen LogP contribution in [-0.2, 0) is 11.2 Å². The first-order valence-corrected chi connectivity index (χ1v) is 11.6. The zero-order valence-electron chi connectivity index (χ0n) is 21.0. The number of aromatic nitrogens is 1. The third kappa shape index (κ3) is 5.78. The molecule has 0 amide bonds. The molecule has 3 aromatic rings. The van der Waals surface area contributed by atoms with E-state index in [-0.39, 0.29) is 0 Å². The highest BCUT2D eigenvalue weighted by Gasteiger charge is 2.29. The molecule has 2 heterocycles. The van der Waals surface area contributed by atoms with Gasteiger partial charge in [-0.3, -0.25) is 0 Å². The molecule has 1 aliphatic heterocycles. The van der Waals surface area contributed by atoms with Gasteiger partial charge in [0, 0.05) is 49.3 Å². The van der Waals surface area contributed by atoms with Crippen LogP contribution in [0.5, 0.6) is 0 Å². The number of aliphatic hydroxyl groups excluding tert-OH is 1. The number of carbonyl (C=O) groups excluding carboxylic acids is 1. The molecule has 6 heteroatoms. The molecule has 4 rings (SSSR count). The van der Waals surface area contributed by atoms with Gasteiger partial charge in [-0.2, -0.15) is 0 Å². The van der Waals surface area contributed by atoms with Gasteiger partial charge in [0.2, 0.25) is 0 Å². The highest BCUT2D eigenvalue weighted by Crippen LogP contribution is 2.46. The number of carbonyl (C=O) groups is 1. The van der Waals surface area contributed by atoms with Gasteiger partial charge < -0.3 is 24.5 Å². The molecule has 5 nitrogen and oxygen atoms in total. The molecule has 0 radical (unpaired) electrons. The number of aryl methyl sites for hydroxylation is 1. The number of anilines is 1. The van der Waals surface area contributed by atoms with Gasteiger partial charge >= 0.3 is 0 Å². The van der Waals surface area contributed by atoms with Crippen LogP contribution in [0.3, 0.4) is 0 Å². The molecule has 0 fully saturated rings. The van der Waals surface area contributed by atoms with Gasteiger partial charge in [0.25, 0.3) is 0 Å². The Morgan fingerprint density at radius 3 is 2.21 bits per heavy atom. The Balaban J connectivity index is 0.000000489. The normalized spacial score (nSPS) is 14.9. The Labute approximate surface area is 202 Å². The Hall–Kier alpha value is -2.34. The largest absolute Gasteiger partial charge is 0.400 e. The van der Waals surface area contributed by atoms with E-state index in [1.54, 1.807) is 20.8 Å². The molecule has 2 aromatic carbocycles. The van der Waals surface area contributed by atoms with Crippen molar-refractivity contribution in [1.82, 2.24) is 4.57 Å². The summed E-state index contributed by atoms with van der Waals surface area (Å²) in [7, 11) is 3.15. The first-order chi connectivity index (χ1) is 15.4. The smallest absolute Gasteiger partial charge is 0.124 e. The van der Waals surface area contributed by atoms with E-state index in [1.165, 1.54) is 27.8 Å². The summed E-state index contributed by atoms with van der Waals surface area (Å²) in [6.07, 6.45) is 1.43. The van der Waals surface area contributed by atoms with E-state index >= 15 is 0 Å². The van der Waals surface area contributed by atoms with E-state index in [0.717, 1.165) is 41.7 Å². The van der Waals surface area contributed by atoms with Crippen molar-refractivity contribution in [1.29, 1.82) is 0 Å². The van der Waals surface area contributed by atoms with E-state index in [2.05, 4.69) is 55.5 Å². The SMILES string of the molecule is CC(C)(C)O.CO.Cc1c(CC=O)c(-c2ccc(Cl)cc2)c2cc(C)n3c2c1N(C)CC3C. The van der Waals surface area contributed by atoms with Crippen LogP contribution in [0, 0.1) is 13.8 Å². The van der Waals surface area contributed by atoms with Crippen LogP contribution < -0.4 is 4.90 Å². The Morgan fingerprint density at radius 1 is 1.15 bits per heavy atom. The second-order valence-corrected chi connectivity index (χ2v) is 9.96. The van der Waals surface area contributed by atoms with Crippen LogP contribution in [0.25, 0.3) is 22.0 Å². The first-order valence-electron chi connectivity index (χ1n) is 11.2. The summed E-state index contributed by atoms with van der Waals surface area (Å²) in [4.78, 5) is 13.8. The third-order valence-corrected chi connectivity index (χ3v) is 5.87. The second-order valence-electron chi connectivity index (χ2n) is 9.52. The Morgan fingerprint density at radius 2 is 1.70 bits per heavy atom. The number of hydrogen-bond acceptors (Lipinski definition) is 4. The molecule has 0 saturated carbocycles. The summed E-state index contributed by atoms with van der Waals surface area (Å²) in [5, 5.41) is 17.5. The monoisotopic (exact) mass is 472 g/mol. The zero-order chi connectivity index (χ0) is 25.1. The lowest BCUT2D eigenvalue weighted by Crippen LogP contribution is -2.32. The molecule has 1 aromatic heterocycles. The molecule has 0 bridgehead atoms. The molecule has 1 unspecified atom stereocenters. The van der Waals surface area contributed by atoms with Gasteiger partial charge in [-0.05, 0) is 82.0 Å². The van der Waals surface area contributed by atoms with Crippen LogP contribution in [0.1, 0.15) is 50.6 Å². The zero-order valence-corrected chi connectivity index (χ0v) is 21.8. The molecule has 0 aliphatic carbocycles. The summed E-state index contributed by atoms with van der Waals surface area (Å²) < 4.78 is 2.45. The lowest BCUT2D eigenvalue weighted by molar-refractivity contribution is -0.107. The lowest BCUT2D eigenvalue weighted by atomic mass is 9.89. The fraction of sp³-hybridized carbons (Fsp3) is 0.444. The summed E-state index contributed by atoms with van der Waals surface area (Å²) in [5.74, 6) is 0. The molecule has 1 aliphatic rings. The molecule has 1 atom stereocenters. The molecular formula is C27H37ClN2O3. The van der Waals surface area contributed by atoms with E-state index < -0.39 is 5.60 Å². The van der Waals surface area contributed by atoms with Gasteiger partial charge in [-0.25, -0.2) is 0 Å². The summed E-state index contributed by atoms with van der Waals surface area (Å²) in [5.41, 5.74) is 7.88. The van der Waals surface area contributed by atoms with Crippen molar-refractivity contribution in [3.8, 4) is 11.1 Å². The van der Waals surface area contributed by atoms with Gasteiger partial charge in [0.05, 0.1) is 16.8 Å². The topological polar surface area (TPSA) is 65.7 Å². The highest BCUT2D eigenvalue weighted by molar-refractivity contribution is 6.30. The van der Waals surface area contributed by atoms with Crippen molar-refractivity contribution in [2.24, 2.45) is 0 Å². The second kappa shape index (κ2) is 10.7. The Bertz CT molecular complexity index is 1110. The molecule has 0 spiro atoms.